The van der Waals surface area contributed by atoms with Gasteiger partial charge in [0.2, 0.25) is 0 Å². The molecular formula is C16H16FNO3. The molecule has 2 N–H and O–H groups in total. The van der Waals surface area contributed by atoms with Crippen LogP contribution in [0.25, 0.3) is 0 Å². The third-order valence-electron chi connectivity index (χ3n) is 3.12. The van der Waals surface area contributed by atoms with Crippen LogP contribution in [-0.4, -0.2) is 18.2 Å². The predicted octanol–water partition coefficient (Wildman–Crippen LogP) is 3.49. The molecule has 4 nitrogen and oxygen atoms in total. The maximum Gasteiger partial charge on any atom is 0.337 e. The molecule has 0 aromatic heterocycles. The summed E-state index contributed by atoms with van der Waals surface area (Å²) in [5.41, 5.74) is 1.53. The SMILES string of the molecule is COC(=O)c1cccc(NC(C)c2cc(F)ccc2O)c1. The van der Waals surface area contributed by atoms with Crippen LogP contribution in [0.1, 0.15) is 28.9 Å². The van der Waals surface area contributed by atoms with Crippen molar-refractivity contribution in [3.8, 4) is 5.75 Å². The molecule has 2 aromatic rings. The van der Waals surface area contributed by atoms with Crippen molar-refractivity contribution in [2.24, 2.45) is 0 Å². The number of rotatable bonds is 4. The van der Waals surface area contributed by atoms with Crippen LogP contribution in [0.15, 0.2) is 42.5 Å². The number of ether oxygens (including phenoxy) is 1. The van der Waals surface area contributed by atoms with Gasteiger partial charge in [0.25, 0.3) is 0 Å². The topological polar surface area (TPSA) is 58.6 Å². The van der Waals surface area contributed by atoms with Gasteiger partial charge in [-0.05, 0) is 43.3 Å². The van der Waals surface area contributed by atoms with Gasteiger partial charge >= 0.3 is 5.97 Å². The summed E-state index contributed by atoms with van der Waals surface area (Å²) in [4.78, 5) is 11.5. The van der Waals surface area contributed by atoms with E-state index in [0.717, 1.165) is 0 Å². The number of esters is 1. The number of benzene rings is 2. The number of anilines is 1. The van der Waals surface area contributed by atoms with Crippen molar-refractivity contribution in [1.82, 2.24) is 0 Å². The Labute approximate surface area is 122 Å². The van der Waals surface area contributed by atoms with Crippen molar-refractivity contribution in [3.05, 3.63) is 59.4 Å². The molecule has 1 atom stereocenters. The number of hydrogen-bond acceptors (Lipinski definition) is 4. The third-order valence-corrected chi connectivity index (χ3v) is 3.12. The normalized spacial score (nSPS) is 11.8. The van der Waals surface area contributed by atoms with E-state index in [2.05, 4.69) is 10.1 Å². The van der Waals surface area contributed by atoms with E-state index in [-0.39, 0.29) is 11.8 Å². The summed E-state index contributed by atoms with van der Waals surface area (Å²) in [5.74, 6) is -0.833. The maximum atomic E-state index is 13.3. The zero-order valence-electron chi connectivity index (χ0n) is 11.8. The fraction of sp³-hybridized carbons (Fsp3) is 0.188. The van der Waals surface area contributed by atoms with E-state index < -0.39 is 11.8 Å². The number of carbonyl (C=O) groups excluding carboxylic acids is 1. The molecule has 0 amide bonds. The summed E-state index contributed by atoms with van der Waals surface area (Å²) in [7, 11) is 1.32. The lowest BCUT2D eigenvalue weighted by atomic mass is 10.1. The average Bonchev–Trinajstić information content (AvgIpc) is 2.49. The Morgan fingerprint density at radius 1 is 1.29 bits per heavy atom. The number of carbonyl (C=O) groups is 1. The van der Waals surface area contributed by atoms with Gasteiger partial charge in [0, 0.05) is 11.3 Å². The highest BCUT2D eigenvalue weighted by Gasteiger charge is 2.12. The van der Waals surface area contributed by atoms with Crippen LogP contribution in [0.5, 0.6) is 5.75 Å². The van der Waals surface area contributed by atoms with E-state index in [4.69, 9.17) is 0 Å². The first-order chi connectivity index (χ1) is 10.0. The largest absolute Gasteiger partial charge is 0.508 e. The summed E-state index contributed by atoms with van der Waals surface area (Å²) in [6, 6.07) is 10.2. The number of phenolic OH excluding ortho intramolecular Hbond substituents is 1. The molecule has 110 valence electrons. The van der Waals surface area contributed by atoms with Crippen LogP contribution in [0, 0.1) is 5.82 Å². The van der Waals surface area contributed by atoms with Gasteiger partial charge in [0.1, 0.15) is 11.6 Å². The van der Waals surface area contributed by atoms with E-state index >= 15 is 0 Å². The van der Waals surface area contributed by atoms with Crippen molar-refractivity contribution in [3.63, 3.8) is 0 Å². The van der Waals surface area contributed by atoms with Gasteiger partial charge in [-0.3, -0.25) is 0 Å². The Bertz CT molecular complexity index is 658. The predicted molar refractivity (Wildman–Crippen MR) is 77.9 cm³/mol. The summed E-state index contributed by atoms with van der Waals surface area (Å²) in [6.45, 7) is 1.79. The molecule has 0 saturated heterocycles. The van der Waals surface area contributed by atoms with Crippen LogP contribution < -0.4 is 5.32 Å². The number of aromatic hydroxyl groups is 1. The Kier molecular flexibility index (Phi) is 4.42. The van der Waals surface area contributed by atoms with E-state index in [1.54, 1.807) is 31.2 Å². The van der Waals surface area contributed by atoms with Crippen LogP contribution in [0.2, 0.25) is 0 Å². The molecule has 0 saturated carbocycles. The van der Waals surface area contributed by atoms with Crippen LogP contribution in [0.4, 0.5) is 10.1 Å². The number of hydrogen-bond donors (Lipinski definition) is 2. The minimum Gasteiger partial charge on any atom is -0.508 e. The standard InChI is InChI=1S/C16H16FNO3/c1-10(14-9-12(17)6-7-15(14)19)18-13-5-3-4-11(8-13)16(20)21-2/h3-10,18-19H,1-2H3. The zero-order valence-corrected chi connectivity index (χ0v) is 11.8. The van der Waals surface area contributed by atoms with Crippen molar-refractivity contribution in [1.29, 1.82) is 0 Å². The quantitative estimate of drug-likeness (QED) is 0.846. The molecule has 21 heavy (non-hydrogen) atoms. The summed E-state index contributed by atoms with van der Waals surface area (Å²) < 4.78 is 17.9. The van der Waals surface area contributed by atoms with Gasteiger partial charge in [-0.15, -0.1) is 0 Å². The van der Waals surface area contributed by atoms with Crippen molar-refractivity contribution < 1.29 is 19.0 Å². The first-order valence-corrected chi connectivity index (χ1v) is 6.44. The molecule has 0 radical (unpaired) electrons. The lowest BCUT2D eigenvalue weighted by Gasteiger charge is -2.17. The van der Waals surface area contributed by atoms with Gasteiger partial charge in [-0.25, -0.2) is 9.18 Å². The second-order valence-corrected chi connectivity index (χ2v) is 4.64. The molecule has 0 heterocycles. The van der Waals surface area contributed by atoms with Crippen LogP contribution >= 0.6 is 0 Å². The molecule has 2 aromatic carbocycles. The first-order valence-electron chi connectivity index (χ1n) is 6.44. The zero-order chi connectivity index (χ0) is 15.4. The van der Waals surface area contributed by atoms with Crippen LogP contribution in [0.3, 0.4) is 0 Å². The number of nitrogens with one attached hydrogen (secondary N) is 1. The summed E-state index contributed by atoms with van der Waals surface area (Å²) in [6.07, 6.45) is 0. The lowest BCUT2D eigenvalue weighted by molar-refractivity contribution is 0.0601. The molecule has 0 aliphatic carbocycles. The van der Waals surface area contributed by atoms with Gasteiger partial charge in [-0.1, -0.05) is 6.07 Å². The van der Waals surface area contributed by atoms with E-state index in [1.165, 1.54) is 25.3 Å². The minimum atomic E-state index is -0.431. The van der Waals surface area contributed by atoms with Gasteiger partial charge in [0.15, 0.2) is 0 Å². The van der Waals surface area contributed by atoms with E-state index in [1.807, 2.05) is 0 Å². The average molecular weight is 289 g/mol. The molecule has 0 bridgehead atoms. The molecule has 5 heteroatoms. The fourth-order valence-corrected chi connectivity index (χ4v) is 2.05. The lowest BCUT2D eigenvalue weighted by Crippen LogP contribution is -2.08. The minimum absolute atomic E-state index is 0.0144. The fourth-order valence-electron chi connectivity index (χ4n) is 2.05. The van der Waals surface area contributed by atoms with E-state index in [0.29, 0.717) is 16.8 Å². The van der Waals surface area contributed by atoms with Gasteiger partial charge in [-0.2, -0.15) is 0 Å². The molecule has 1 unspecified atom stereocenters. The van der Waals surface area contributed by atoms with Crippen molar-refractivity contribution >= 4 is 11.7 Å². The first kappa shape index (κ1) is 14.8. The molecular weight excluding hydrogens is 273 g/mol. The van der Waals surface area contributed by atoms with Crippen molar-refractivity contribution in [2.75, 3.05) is 12.4 Å². The monoisotopic (exact) mass is 289 g/mol. The number of methoxy groups -OCH3 is 1. The Hall–Kier alpha value is -2.56. The smallest absolute Gasteiger partial charge is 0.337 e. The number of halogens is 1. The highest BCUT2D eigenvalue weighted by molar-refractivity contribution is 5.90. The Balaban J connectivity index is 2.21. The summed E-state index contributed by atoms with van der Waals surface area (Å²) >= 11 is 0. The molecule has 0 spiro atoms. The number of phenols is 1. The summed E-state index contributed by atoms with van der Waals surface area (Å²) in [5, 5.41) is 12.9. The second-order valence-electron chi connectivity index (χ2n) is 4.64. The molecule has 2 rings (SSSR count). The van der Waals surface area contributed by atoms with Gasteiger partial charge < -0.3 is 15.2 Å². The maximum absolute atomic E-state index is 13.3. The Morgan fingerprint density at radius 2 is 2.05 bits per heavy atom. The van der Waals surface area contributed by atoms with E-state index in [9.17, 15) is 14.3 Å². The molecule has 0 fully saturated rings. The molecule has 0 aliphatic heterocycles. The second kappa shape index (κ2) is 6.26. The van der Waals surface area contributed by atoms with Gasteiger partial charge in [0.05, 0.1) is 18.7 Å². The Morgan fingerprint density at radius 3 is 2.76 bits per heavy atom. The van der Waals surface area contributed by atoms with Crippen LogP contribution in [-0.2, 0) is 4.74 Å². The highest BCUT2D eigenvalue weighted by Crippen LogP contribution is 2.27. The highest BCUT2D eigenvalue weighted by atomic mass is 19.1. The van der Waals surface area contributed by atoms with Crippen molar-refractivity contribution in [2.45, 2.75) is 13.0 Å². The third kappa shape index (κ3) is 3.51. The molecule has 0 aliphatic rings.